The molecule has 5 heterocycles. The maximum Gasteiger partial charge on any atom is 0.252 e. The molecule has 86 heavy (non-hydrogen) atoms. The van der Waals surface area contributed by atoms with Gasteiger partial charge in [-0.15, -0.1) is 0 Å². The number of rotatable bonds is 8. The molecule has 8 heteroatoms. The molecule has 0 bridgehead atoms. The molecule has 5 nitrogen and oxygen atoms in total. The first-order chi connectivity index (χ1) is 46.0. The van der Waals surface area contributed by atoms with Crippen LogP contribution in [0, 0.1) is 0 Å². The van der Waals surface area contributed by atoms with Crippen LogP contribution < -0.4 is 52.4 Å². The summed E-state index contributed by atoms with van der Waals surface area (Å²) in [6, 6.07) is 89.3. The van der Waals surface area contributed by atoms with Gasteiger partial charge in [-0.05, 0) is 142 Å². The van der Waals surface area contributed by atoms with E-state index < -0.39 is 24.2 Å². The van der Waals surface area contributed by atoms with Crippen molar-refractivity contribution in [3.8, 4) is 16.8 Å². The standard InChI is InChI=1S/C78H51B2N5S/c1-6-26-52(27-7-1)59-36-16-21-41-66(59)85-71-51-75-65(80-63-40-20-25-45-70(63)83(56-34-14-5-15-35-56)74-48-58(49-76(86-75)78(74)80)84-67-42-22-17-37-60(67)61-38-18-23-43-68(61)84)50-64(71)79-62-39-19-24-44-69(62)82(55-32-12-4-13-33-55)72-46-57(47-73(85)77(72)79)81(53-28-8-2-9-29-53)54-30-10-3-11-31-54/h1-51H/i17D,18D,22D,23D,37D,38D,42D,43D. The minimum absolute atomic E-state index is 0.0291. The van der Waals surface area contributed by atoms with Gasteiger partial charge in [0.15, 0.2) is 0 Å². The van der Waals surface area contributed by atoms with Crippen molar-refractivity contribution in [1.29, 1.82) is 0 Å². The molecular formula is C78H51B2N5S. The molecule has 0 aliphatic carbocycles. The van der Waals surface area contributed by atoms with Crippen LogP contribution in [0.25, 0.3) is 38.6 Å². The van der Waals surface area contributed by atoms with Crippen LogP contribution in [0.1, 0.15) is 11.0 Å². The number of para-hydroxylation sites is 9. The van der Waals surface area contributed by atoms with Crippen LogP contribution in [0.3, 0.4) is 0 Å². The van der Waals surface area contributed by atoms with Gasteiger partial charge in [0.25, 0.3) is 6.71 Å². The Hall–Kier alpha value is -10.7. The molecule has 14 aromatic rings. The van der Waals surface area contributed by atoms with Gasteiger partial charge in [-0.2, -0.15) is 0 Å². The fraction of sp³-hybridized carbons (Fsp3) is 0. The van der Waals surface area contributed by atoms with E-state index in [0.717, 1.165) is 111 Å². The summed E-state index contributed by atoms with van der Waals surface area (Å²) in [4.78, 5) is 11.5. The summed E-state index contributed by atoms with van der Waals surface area (Å²) in [5, 5.41) is 0.0582. The Morgan fingerprint density at radius 2 is 0.802 bits per heavy atom. The minimum Gasteiger partial charge on any atom is -0.311 e. The second kappa shape index (κ2) is 19.5. The third-order valence-electron chi connectivity index (χ3n) is 17.6. The van der Waals surface area contributed by atoms with E-state index in [1.807, 2.05) is 24.3 Å². The van der Waals surface area contributed by atoms with Crippen molar-refractivity contribution in [3.05, 3.63) is 309 Å². The number of nitrogens with zero attached hydrogens (tertiary/aromatic N) is 5. The Kier molecular flexibility index (Phi) is 9.36. The van der Waals surface area contributed by atoms with E-state index in [0.29, 0.717) is 5.69 Å². The molecule has 18 rings (SSSR count). The van der Waals surface area contributed by atoms with Crippen molar-refractivity contribution < 1.29 is 11.0 Å². The van der Waals surface area contributed by atoms with E-state index >= 15 is 0 Å². The summed E-state index contributed by atoms with van der Waals surface area (Å²) < 4.78 is 75.6. The summed E-state index contributed by atoms with van der Waals surface area (Å²) in [7, 11) is 0. The van der Waals surface area contributed by atoms with Crippen LogP contribution in [0.15, 0.2) is 319 Å². The first-order valence-corrected chi connectivity index (χ1v) is 29.8. The molecule has 0 N–H and O–H groups in total. The number of fused-ring (bicyclic) bond motifs is 11. The molecule has 4 aliphatic heterocycles. The Bertz CT molecular complexity index is 5400. The lowest BCUT2D eigenvalue weighted by Gasteiger charge is -2.46. The smallest absolute Gasteiger partial charge is 0.252 e. The van der Waals surface area contributed by atoms with Gasteiger partial charge in [0.1, 0.15) is 0 Å². The van der Waals surface area contributed by atoms with E-state index in [4.69, 9.17) is 5.48 Å². The average molecular weight is 1120 g/mol. The van der Waals surface area contributed by atoms with Crippen LogP contribution in [0.2, 0.25) is 0 Å². The van der Waals surface area contributed by atoms with Crippen LogP contribution in [0.5, 0.6) is 0 Å². The predicted octanol–water partition coefficient (Wildman–Crippen LogP) is 16.8. The molecule has 0 atom stereocenters. The maximum atomic E-state index is 9.62. The van der Waals surface area contributed by atoms with Crippen LogP contribution in [0.4, 0.5) is 68.2 Å². The van der Waals surface area contributed by atoms with Crippen molar-refractivity contribution >= 4 is 148 Å². The normalized spacial score (nSPS) is 14.5. The highest BCUT2D eigenvalue weighted by Crippen LogP contribution is 2.52. The first kappa shape index (κ1) is 41.4. The summed E-state index contributed by atoms with van der Waals surface area (Å²) in [6.07, 6.45) is 0. The highest BCUT2D eigenvalue weighted by Gasteiger charge is 2.48. The molecule has 0 radical (unpaired) electrons. The van der Waals surface area contributed by atoms with E-state index in [1.165, 1.54) is 10.9 Å². The van der Waals surface area contributed by atoms with E-state index in [9.17, 15) is 5.48 Å². The van der Waals surface area contributed by atoms with Gasteiger partial charge in [0, 0.05) is 88.7 Å². The summed E-state index contributed by atoms with van der Waals surface area (Å²) >= 11 is 1.65. The summed E-state index contributed by atoms with van der Waals surface area (Å²) in [5.74, 6) is 0. The molecular weight excluding hydrogens is 1060 g/mol. The molecule has 0 amide bonds. The number of anilines is 12. The Morgan fingerprint density at radius 1 is 0.326 bits per heavy atom. The van der Waals surface area contributed by atoms with Gasteiger partial charge in [-0.25, -0.2) is 0 Å². The molecule has 0 saturated heterocycles. The van der Waals surface area contributed by atoms with Crippen molar-refractivity contribution in [2.24, 2.45) is 0 Å². The van der Waals surface area contributed by atoms with Gasteiger partial charge in [-0.1, -0.05) is 217 Å². The molecule has 4 aliphatic rings. The molecule has 13 aromatic carbocycles. The third-order valence-corrected chi connectivity index (χ3v) is 18.7. The highest BCUT2D eigenvalue weighted by atomic mass is 32.2. The van der Waals surface area contributed by atoms with Gasteiger partial charge >= 0.3 is 0 Å². The van der Waals surface area contributed by atoms with E-state index in [2.05, 4.69) is 256 Å². The van der Waals surface area contributed by atoms with Crippen LogP contribution in [-0.2, 0) is 0 Å². The molecule has 0 fully saturated rings. The maximum absolute atomic E-state index is 9.62. The zero-order valence-electron chi connectivity index (χ0n) is 54.1. The molecule has 400 valence electrons. The molecule has 0 saturated carbocycles. The zero-order valence-corrected chi connectivity index (χ0v) is 46.9. The summed E-state index contributed by atoms with van der Waals surface area (Å²) in [5.41, 5.74) is 21.4. The van der Waals surface area contributed by atoms with Gasteiger partial charge in [-0.3, -0.25) is 0 Å². The monoisotopic (exact) mass is 1120 g/mol. The lowest BCUT2D eigenvalue weighted by molar-refractivity contribution is 1.15. The number of aromatic nitrogens is 1. The number of benzene rings is 13. The van der Waals surface area contributed by atoms with Crippen molar-refractivity contribution in [2.45, 2.75) is 9.79 Å². The second-order valence-corrected chi connectivity index (χ2v) is 23.2. The fourth-order valence-electron chi connectivity index (χ4n) is 14.1. The largest absolute Gasteiger partial charge is 0.311 e. The highest BCUT2D eigenvalue weighted by molar-refractivity contribution is 8.00. The van der Waals surface area contributed by atoms with Crippen molar-refractivity contribution in [3.63, 3.8) is 0 Å². The third kappa shape index (κ3) is 7.36. The van der Waals surface area contributed by atoms with Crippen LogP contribution >= 0.6 is 11.8 Å². The molecule has 0 spiro atoms. The SMILES string of the molecule is [2H]c1c([2H])c([2H])c2c(c1[2H])c1c([2H])c([2H])c([2H])c([2H])c1n2-c1cc2c3c(c1)N(c1ccccc1)c1ccccc1B3c1cc3c(cc1S2)N(c1ccccc1-c1ccccc1)c1cc(N(c2ccccc2)c2ccccc2)cc2c1B3c1ccccc1N2c1ccccc1. The first-order valence-electron chi connectivity index (χ1n) is 33.0. The van der Waals surface area contributed by atoms with Crippen molar-refractivity contribution in [1.82, 2.24) is 4.57 Å². The predicted molar refractivity (Wildman–Crippen MR) is 365 cm³/mol. The fourth-order valence-corrected chi connectivity index (χ4v) is 15.4. The van der Waals surface area contributed by atoms with Gasteiger partial charge < -0.3 is 24.2 Å². The topological polar surface area (TPSA) is 17.9 Å². The van der Waals surface area contributed by atoms with Crippen molar-refractivity contribution in [2.75, 3.05) is 19.6 Å². The quantitative estimate of drug-likeness (QED) is 0.141. The zero-order chi connectivity index (χ0) is 63.4. The van der Waals surface area contributed by atoms with Gasteiger partial charge in [0.2, 0.25) is 6.71 Å². The molecule has 1 aromatic heterocycles. The summed E-state index contributed by atoms with van der Waals surface area (Å²) in [6.45, 7) is -0.595. The number of hydrogen-bond donors (Lipinski definition) is 0. The lowest BCUT2D eigenvalue weighted by atomic mass is 9.31. The Morgan fingerprint density at radius 3 is 1.40 bits per heavy atom. The van der Waals surface area contributed by atoms with Crippen LogP contribution in [-0.4, -0.2) is 18.0 Å². The average Bonchev–Trinajstić information content (AvgIpc) is 0.868. The lowest BCUT2D eigenvalue weighted by Crippen LogP contribution is -2.64. The second-order valence-electron chi connectivity index (χ2n) is 22.2. The van der Waals surface area contributed by atoms with E-state index in [-0.39, 0.29) is 59.4 Å². The minimum atomic E-state index is -0.486. The van der Waals surface area contributed by atoms with E-state index in [1.54, 1.807) is 16.3 Å². The Balaban J connectivity index is 0.960. The van der Waals surface area contributed by atoms with Gasteiger partial charge in [0.05, 0.1) is 33.4 Å². The number of hydrogen-bond acceptors (Lipinski definition) is 5. The Labute approximate surface area is 516 Å². The molecule has 0 unspecified atom stereocenters.